The minimum Gasteiger partial charge on any atom is -0.454 e. The van der Waals surface area contributed by atoms with E-state index >= 15 is 0 Å². The highest BCUT2D eigenvalue weighted by Crippen LogP contribution is 2.26. The Morgan fingerprint density at radius 2 is 0.809 bits per heavy atom. The normalized spacial score (nSPS) is 18.9. The van der Waals surface area contributed by atoms with E-state index in [1.165, 1.54) is 103 Å². The molecule has 0 aromatic carbocycles. The van der Waals surface area contributed by atoms with E-state index in [4.69, 9.17) is 14.2 Å². The SMILES string of the molecule is CC/C=C\C/C=C\C/C=C\C/C=C\C/C=C\CCCCCCCCCCC(O)C(=O)NC(COC1OC(CO)C(O)C(O)C1OC(=O)CCCCCCCCC/C=C\C/C=C\C/C=C\C/C=C\CCCCC)C(O)/C=C/CCCCCCCCCCCCC. The molecule has 89 heavy (non-hydrogen) atoms. The third kappa shape index (κ3) is 51.3. The molecule has 0 aromatic heterocycles. The average Bonchev–Trinajstić information content (AvgIpc) is 3.11. The van der Waals surface area contributed by atoms with Crippen molar-refractivity contribution in [1.82, 2.24) is 5.32 Å². The largest absolute Gasteiger partial charge is 0.454 e. The Labute approximate surface area is 544 Å². The summed E-state index contributed by atoms with van der Waals surface area (Å²) < 4.78 is 17.7. The average molecular weight is 1240 g/mol. The maximum Gasteiger partial charge on any atom is 0.306 e. The van der Waals surface area contributed by atoms with Gasteiger partial charge in [-0.3, -0.25) is 9.59 Å². The standard InChI is InChI=1S/C78H133NO10/c1-4-7-10-13-16-19-22-25-27-29-31-33-35-37-38-40-42-44-47-50-53-56-59-62-65-71(82)77(86)79-69(70(81)64-61-58-55-52-49-46-24-21-18-15-12-9-6-3)68-87-78-76(75(85)74(84)72(67-80)88-78)89-73(83)66-63-60-57-54-51-48-45-43-41-39-36-34-32-30-28-26-23-20-17-14-11-8-5-2/h7,10,16-17,19-20,25-28,31-34,37-39,41,61,64,69-72,74-76,78,80-82,84-85H,4-6,8-9,11-15,18,21-24,29-30,35-36,40,42-60,62-63,65-68H2,1-3H3,(H,79,86)/b10-7-,19-16-,20-17-,27-25-,28-26-,33-31-,34-32-,38-37-,41-39-,64-61+. The minimum absolute atomic E-state index is 0.105. The predicted octanol–water partition coefficient (Wildman–Crippen LogP) is 19.0. The molecule has 11 nitrogen and oxygen atoms in total. The smallest absolute Gasteiger partial charge is 0.306 e. The van der Waals surface area contributed by atoms with Crippen molar-refractivity contribution in [2.75, 3.05) is 13.2 Å². The quantitative estimate of drug-likeness (QED) is 0.0195. The number of amides is 1. The second-order valence-electron chi connectivity index (χ2n) is 24.6. The molecule has 1 aliphatic heterocycles. The van der Waals surface area contributed by atoms with Crippen LogP contribution in [0.1, 0.15) is 297 Å². The van der Waals surface area contributed by atoms with Gasteiger partial charge in [-0.1, -0.05) is 296 Å². The zero-order chi connectivity index (χ0) is 64.6. The molecule has 1 rings (SSSR count). The number of aliphatic hydroxyl groups excluding tert-OH is 5. The Balaban J connectivity index is 2.61. The monoisotopic (exact) mass is 1240 g/mol. The van der Waals surface area contributed by atoms with E-state index in [0.29, 0.717) is 12.8 Å². The van der Waals surface area contributed by atoms with E-state index < -0.39 is 67.4 Å². The van der Waals surface area contributed by atoms with Crippen LogP contribution in [0.15, 0.2) is 122 Å². The van der Waals surface area contributed by atoms with E-state index in [1.807, 2.05) is 6.08 Å². The van der Waals surface area contributed by atoms with Crippen LogP contribution in [0.5, 0.6) is 0 Å². The first-order chi connectivity index (χ1) is 43.7. The van der Waals surface area contributed by atoms with Crippen LogP contribution in [-0.2, 0) is 23.8 Å². The summed E-state index contributed by atoms with van der Waals surface area (Å²) in [5.74, 6) is -1.21. The number of rotatable bonds is 61. The molecular weight excluding hydrogens is 1110 g/mol. The number of hydrogen-bond acceptors (Lipinski definition) is 10. The lowest BCUT2D eigenvalue weighted by molar-refractivity contribution is -0.305. The number of unbranched alkanes of at least 4 members (excludes halogenated alkanes) is 29. The summed E-state index contributed by atoms with van der Waals surface area (Å²) in [5, 5.41) is 57.3. The van der Waals surface area contributed by atoms with Gasteiger partial charge in [0.25, 0.3) is 0 Å². The summed E-state index contributed by atoms with van der Waals surface area (Å²) in [7, 11) is 0. The molecule has 1 amide bonds. The molecule has 0 spiro atoms. The molecule has 0 radical (unpaired) electrons. The van der Waals surface area contributed by atoms with E-state index in [2.05, 4.69) is 135 Å². The van der Waals surface area contributed by atoms with Crippen molar-refractivity contribution in [2.45, 2.75) is 346 Å². The number of nitrogens with one attached hydrogen (secondary N) is 1. The van der Waals surface area contributed by atoms with E-state index in [0.717, 1.165) is 148 Å². The van der Waals surface area contributed by atoms with Crippen LogP contribution in [0, 0.1) is 0 Å². The van der Waals surface area contributed by atoms with E-state index in [1.54, 1.807) is 6.08 Å². The van der Waals surface area contributed by atoms with Gasteiger partial charge in [0.15, 0.2) is 12.4 Å². The van der Waals surface area contributed by atoms with Crippen molar-refractivity contribution in [3.63, 3.8) is 0 Å². The highest BCUT2D eigenvalue weighted by Gasteiger charge is 2.47. The zero-order valence-electron chi connectivity index (χ0n) is 56.8. The van der Waals surface area contributed by atoms with Crippen molar-refractivity contribution < 1.29 is 49.3 Å². The van der Waals surface area contributed by atoms with E-state index in [9.17, 15) is 35.1 Å². The Hall–Kier alpha value is -3.94. The second-order valence-corrected chi connectivity index (χ2v) is 24.6. The van der Waals surface area contributed by atoms with Crippen molar-refractivity contribution in [1.29, 1.82) is 0 Å². The molecule has 11 heteroatoms. The van der Waals surface area contributed by atoms with Crippen LogP contribution in [0.2, 0.25) is 0 Å². The number of esters is 1. The Kier molecular flexibility index (Phi) is 59.9. The number of hydrogen-bond donors (Lipinski definition) is 6. The van der Waals surface area contributed by atoms with Crippen molar-refractivity contribution in [3.8, 4) is 0 Å². The van der Waals surface area contributed by atoms with Crippen molar-refractivity contribution in [3.05, 3.63) is 122 Å². The maximum atomic E-state index is 13.5. The lowest BCUT2D eigenvalue weighted by Gasteiger charge is -2.41. The van der Waals surface area contributed by atoms with Crippen LogP contribution >= 0.6 is 0 Å². The summed E-state index contributed by atoms with van der Waals surface area (Å²) in [6.07, 6.45) is 79.3. The fourth-order valence-corrected chi connectivity index (χ4v) is 10.7. The molecule has 0 bridgehead atoms. The van der Waals surface area contributed by atoms with Gasteiger partial charge in [0.1, 0.15) is 24.4 Å². The van der Waals surface area contributed by atoms with Gasteiger partial charge in [-0.05, 0) is 116 Å². The first kappa shape index (κ1) is 83.1. The Bertz CT molecular complexity index is 1920. The summed E-state index contributed by atoms with van der Waals surface area (Å²) in [6.45, 7) is 5.66. The van der Waals surface area contributed by atoms with E-state index in [-0.39, 0.29) is 19.4 Å². The summed E-state index contributed by atoms with van der Waals surface area (Å²) in [4.78, 5) is 26.7. The van der Waals surface area contributed by atoms with Gasteiger partial charge in [0.2, 0.25) is 5.91 Å². The van der Waals surface area contributed by atoms with Crippen LogP contribution in [0.4, 0.5) is 0 Å². The first-order valence-electron chi connectivity index (χ1n) is 36.3. The lowest BCUT2D eigenvalue weighted by Crippen LogP contribution is -2.61. The van der Waals surface area contributed by atoms with Crippen LogP contribution in [0.3, 0.4) is 0 Å². The highest BCUT2D eigenvalue weighted by molar-refractivity contribution is 5.80. The lowest BCUT2D eigenvalue weighted by atomic mass is 9.99. The Morgan fingerprint density at radius 1 is 0.449 bits per heavy atom. The van der Waals surface area contributed by atoms with Crippen LogP contribution < -0.4 is 5.32 Å². The van der Waals surface area contributed by atoms with Gasteiger partial charge in [0.05, 0.1) is 25.4 Å². The van der Waals surface area contributed by atoms with Gasteiger partial charge < -0.3 is 45.1 Å². The van der Waals surface area contributed by atoms with Crippen molar-refractivity contribution >= 4 is 11.9 Å². The number of allylic oxidation sites excluding steroid dienone is 19. The summed E-state index contributed by atoms with van der Waals surface area (Å²) in [5.41, 5.74) is 0. The summed E-state index contributed by atoms with van der Waals surface area (Å²) in [6, 6.07) is -1.04. The molecule has 1 heterocycles. The number of aliphatic hydroxyl groups is 5. The molecule has 6 N–H and O–H groups in total. The number of ether oxygens (including phenoxy) is 3. The second kappa shape index (κ2) is 64.2. The molecule has 0 saturated carbocycles. The van der Waals surface area contributed by atoms with Gasteiger partial charge in [-0.15, -0.1) is 0 Å². The molecule has 1 aliphatic rings. The van der Waals surface area contributed by atoms with Gasteiger partial charge in [-0.25, -0.2) is 0 Å². The van der Waals surface area contributed by atoms with Crippen LogP contribution in [0.25, 0.3) is 0 Å². The zero-order valence-corrected chi connectivity index (χ0v) is 56.8. The molecule has 8 unspecified atom stereocenters. The predicted molar refractivity (Wildman–Crippen MR) is 374 cm³/mol. The molecule has 8 atom stereocenters. The first-order valence-corrected chi connectivity index (χ1v) is 36.3. The van der Waals surface area contributed by atoms with Gasteiger partial charge in [-0.2, -0.15) is 0 Å². The fourth-order valence-electron chi connectivity index (χ4n) is 10.7. The van der Waals surface area contributed by atoms with Gasteiger partial charge in [0, 0.05) is 6.42 Å². The molecular formula is C78H133NO10. The fraction of sp³-hybridized carbons (Fsp3) is 0.718. The Morgan fingerprint density at radius 3 is 1.24 bits per heavy atom. The highest BCUT2D eigenvalue weighted by atomic mass is 16.7. The summed E-state index contributed by atoms with van der Waals surface area (Å²) >= 11 is 0. The molecule has 510 valence electrons. The minimum atomic E-state index is -1.63. The molecule has 0 aromatic rings. The molecule has 0 aliphatic carbocycles. The third-order valence-electron chi connectivity index (χ3n) is 16.3. The van der Waals surface area contributed by atoms with Gasteiger partial charge >= 0.3 is 5.97 Å². The van der Waals surface area contributed by atoms with Crippen molar-refractivity contribution in [2.24, 2.45) is 0 Å². The number of carbonyl (C=O) groups excluding carboxylic acids is 2. The third-order valence-corrected chi connectivity index (χ3v) is 16.3. The molecule has 1 saturated heterocycles. The number of carbonyl (C=O) groups is 2. The topological polar surface area (TPSA) is 175 Å². The molecule has 1 fully saturated rings. The maximum absolute atomic E-state index is 13.5. The van der Waals surface area contributed by atoms with Crippen LogP contribution in [-0.4, -0.2) is 99.6 Å².